The minimum absolute atomic E-state index is 0.0749. The van der Waals surface area contributed by atoms with E-state index in [9.17, 15) is 4.79 Å². The highest BCUT2D eigenvalue weighted by Gasteiger charge is 2.31. The van der Waals surface area contributed by atoms with Gasteiger partial charge in [0.25, 0.3) is 0 Å². The third kappa shape index (κ3) is 4.96. The first-order valence-electron chi connectivity index (χ1n) is 11.6. The molecule has 5 rings (SSSR count). The first-order chi connectivity index (χ1) is 16.7. The van der Waals surface area contributed by atoms with Gasteiger partial charge in [-0.25, -0.2) is 0 Å². The van der Waals surface area contributed by atoms with Gasteiger partial charge in [-0.15, -0.1) is 10.2 Å². The van der Waals surface area contributed by atoms with Crippen LogP contribution in [0.25, 0.3) is 5.69 Å². The Hall–Kier alpha value is -2.88. The molecule has 3 aromatic rings. The summed E-state index contributed by atoms with van der Waals surface area (Å²) in [6.45, 7) is 7.24. The monoisotopic (exact) mass is 479 g/mol. The van der Waals surface area contributed by atoms with Crippen LogP contribution < -0.4 is 4.90 Å². The minimum Gasteiger partial charge on any atom is -0.378 e. The van der Waals surface area contributed by atoms with Gasteiger partial charge in [-0.05, 0) is 24.6 Å². The number of morpholine rings is 2. The number of ether oxygens (including phenoxy) is 2. The standard InChI is InChI=1S/C25H29N5O3S/c1-19-7-9-21(10-8-19)30-24(29-13-17-33-18-14-29)26-27-25(30)34-22(20-5-3-2-4-6-20)23(31)28-11-15-32-16-12-28/h2-10,22H,11-18H2,1H3/t22-/m1/s1. The molecule has 2 saturated heterocycles. The fraction of sp³-hybridized carbons (Fsp3) is 0.400. The average molecular weight is 480 g/mol. The average Bonchev–Trinajstić information content (AvgIpc) is 3.32. The van der Waals surface area contributed by atoms with Crippen LogP contribution in [0.5, 0.6) is 0 Å². The van der Waals surface area contributed by atoms with Crippen LogP contribution in [-0.2, 0) is 14.3 Å². The molecule has 2 aromatic carbocycles. The van der Waals surface area contributed by atoms with Gasteiger partial charge in [-0.1, -0.05) is 59.8 Å². The van der Waals surface area contributed by atoms with Gasteiger partial charge in [0.15, 0.2) is 5.16 Å². The highest BCUT2D eigenvalue weighted by atomic mass is 32.2. The number of carbonyl (C=O) groups excluding carboxylic acids is 1. The summed E-state index contributed by atoms with van der Waals surface area (Å²) in [5, 5.41) is 9.43. The molecule has 0 radical (unpaired) electrons. The molecule has 8 nitrogen and oxygen atoms in total. The van der Waals surface area contributed by atoms with Crippen molar-refractivity contribution in [3.63, 3.8) is 0 Å². The zero-order valence-corrected chi connectivity index (χ0v) is 20.1. The van der Waals surface area contributed by atoms with Gasteiger partial charge in [0.05, 0.1) is 32.1 Å². The highest BCUT2D eigenvalue weighted by Crippen LogP contribution is 2.38. The lowest BCUT2D eigenvalue weighted by atomic mass is 10.1. The molecule has 0 spiro atoms. The largest absolute Gasteiger partial charge is 0.378 e. The number of aromatic nitrogens is 3. The van der Waals surface area contributed by atoms with Crippen molar-refractivity contribution in [1.82, 2.24) is 19.7 Å². The van der Waals surface area contributed by atoms with Crippen molar-refractivity contribution in [2.24, 2.45) is 0 Å². The van der Waals surface area contributed by atoms with Crippen LogP contribution in [0, 0.1) is 6.92 Å². The van der Waals surface area contributed by atoms with E-state index in [1.54, 1.807) is 0 Å². The maximum Gasteiger partial charge on any atom is 0.240 e. The highest BCUT2D eigenvalue weighted by molar-refractivity contribution is 8.00. The van der Waals surface area contributed by atoms with Crippen LogP contribution >= 0.6 is 11.8 Å². The van der Waals surface area contributed by atoms with Crippen molar-refractivity contribution < 1.29 is 14.3 Å². The lowest BCUT2D eigenvalue weighted by Gasteiger charge is -2.30. The second-order valence-electron chi connectivity index (χ2n) is 8.40. The quantitative estimate of drug-likeness (QED) is 0.503. The summed E-state index contributed by atoms with van der Waals surface area (Å²) in [7, 11) is 0. The fourth-order valence-corrected chi connectivity index (χ4v) is 5.30. The Bertz CT molecular complexity index is 1090. The van der Waals surface area contributed by atoms with Gasteiger partial charge < -0.3 is 19.3 Å². The van der Waals surface area contributed by atoms with Gasteiger partial charge >= 0.3 is 0 Å². The maximum absolute atomic E-state index is 13.7. The summed E-state index contributed by atoms with van der Waals surface area (Å²) >= 11 is 1.45. The Balaban J connectivity index is 1.53. The third-order valence-corrected chi connectivity index (χ3v) is 7.26. The van der Waals surface area contributed by atoms with Gasteiger partial charge in [0.2, 0.25) is 11.9 Å². The predicted octanol–water partition coefficient (Wildman–Crippen LogP) is 3.10. The Labute approximate surface area is 203 Å². The number of amides is 1. The van der Waals surface area contributed by atoms with E-state index in [4.69, 9.17) is 9.47 Å². The Kier molecular flexibility index (Phi) is 7.13. The van der Waals surface area contributed by atoms with Crippen molar-refractivity contribution in [3.8, 4) is 5.69 Å². The Morgan fingerprint density at radius 2 is 1.53 bits per heavy atom. The van der Waals surface area contributed by atoms with Gasteiger partial charge in [0, 0.05) is 26.2 Å². The van der Waals surface area contributed by atoms with E-state index in [-0.39, 0.29) is 5.91 Å². The molecule has 34 heavy (non-hydrogen) atoms. The molecule has 0 saturated carbocycles. The van der Waals surface area contributed by atoms with E-state index in [2.05, 4.69) is 50.9 Å². The van der Waals surface area contributed by atoms with E-state index < -0.39 is 5.25 Å². The summed E-state index contributed by atoms with van der Waals surface area (Å²) in [4.78, 5) is 17.8. The molecule has 2 aliphatic rings. The molecule has 0 bridgehead atoms. The third-order valence-electron chi connectivity index (χ3n) is 6.08. The van der Waals surface area contributed by atoms with Crippen molar-refractivity contribution in [2.75, 3.05) is 57.5 Å². The number of benzene rings is 2. The minimum atomic E-state index is -0.426. The van der Waals surface area contributed by atoms with Crippen LogP contribution in [0.4, 0.5) is 5.95 Å². The van der Waals surface area contributed by atoms with E-state index in [0.717, 1.165) is 30.3 Å². The molecule has 0 N–H and O–H groups in total. The zero-order chi connectivity index (χ0) is 23.3. The van der Waals surface area contributed by atoms with Crippen LogP contribution in [0.2, 0.25) is 0 Å². The fourth-order valence-electron chi connectivity index (χ4n) is 4.17. The molecule has 3 heterocycles. The van der Waals surface area contributed by atoms with E-state index in [0.29, 0.717) is 44.7 Å². The molecule has 1 atom stereocenters. The summed E-state index contributed by atoms with van der Waals surface area (Å²) < 4.78 is 13.1. The normalized spacial score (nSPS) is 17.6. The number of aryl methyl sites for hydroxylation is 1. The lowest BCUT2D eigenvalue weighted by molar-refractivity contribution is -0.134. The van der Waals surface area contributed by atoms with Gasteiger partial charge in [-0.3, -0.25) is 9.36 Å². The second kappa shape index (κ2) is 10.6. The molecule has 2 fully saturated rings. The van der Waals surface area contributed by atoms with Crippen LogP contribution in [0.15, 0.2) is 59.8 Å². The number of anilines is 1. The van der Waals surface area contributed by atoms with Crippen LogP contribution in [0.1, 0.15) is 16.4 Å². The number of hydrogen-bond donors (Lipinski definition) is 0. The molecule has 9 heteroatoms. The molecule has 178 valence electrons. The van der Waals surface area contributed by atoms with Crippen LogP contribution in [-0.4, -0.2) is 78.2 Å². The number of thioether (sulfide) groups is 1. The van der Waals surface area contributed by atoms with Gasteiger partial charge in [0.1, 0.15) is 5.25 Å². The van der Waals surface area contributed by atoms with Crippen molar-refractivity contribution >= 4 is 23.6 Å². The number of carbonyl (C=O) groups is 1. The smallest absolute Gasteiger partial charge is 0.240 e. The second-order valence-corrected chi connectivity index (χ2v) is 9.47. The summed E-state index contributed by atoms with van der Waals surface area (Å²) in [6.07, 6.45) is 0. The maximum atomic E-state index is 13.7. The van der Waals surface area contributed by atoms with E-state index in [1.807, 2.05) is 35.2 Å². The molecular formula is C25H29N5O3S. The summed E-state index contributed by atoms with van der Waals surface area (Å²) in [5.74, 6) is 0.853. The molecule has 2 aliphatic heterocycles. The van der Waals surface area contributed by atoms with Crippen molar-refractivity contribution in [2.45, 2.75) is 17.3 Å². The number of rotatable bonds is 6. The molecular weight excluding hydrogens is 450 g/mol. The lowest BCUT2D eigenvalue weighted by Crippen LogP contribution is -2.42. The predicted molar refractivity (Wildman–Crippen MR) is 132 cm³/mol. The first-order valence-corrected chi connectivity index (χ1v) is 12.5. The van der Waals surface area contributed by atoms with Gasteiger partial charge in [-0.2, -0.15) is 0 Å². The van der Waals surface area contributed by atoms with Crippen LogP contribution in [0.3, 0.4) is 0 Å². The molecule has 1 amide bonds. The van der Waals surface area contributed by atoms with Crippen molar-refractivity contribution in [3.05, 3.63) is 65.7 Å². The topological polar surface area (TPSA) is 72.7 Å². The summed E-state index contributed by atoms with van der Waals surface area (Å²) in [6, 6.07) is 18.2. The summed E-state index contributed by atoms with van der Waals surface area (Å²) in [5.41, 5.74) is 3.12. The van der Waals surface area contributed by atoms with E-state index in [1.165, 1.54) is 17.3 Å². The van der Waals surface area contributed by atoms with E-state index >= 15 is 0 Å². The molecule has 1 aromatic heterocycles. The van der Waals surface area contributed by atoms with Crippen molar-refractivity contribution in [1.29, 1.82) is 0 Å². The number of hydrogen-bond acceptors (Lipinski definition) is 7. The molecule has 0 unspecified atom stereocenters. The zero-order valence-electron chi connectivity index (χ0n) is 19.3. The number of nitrogens with zero attached hydrogens (tertiary/aromatic N) is 5. The Morgan fingerprint density at radius 1 is 0.882 bits per heavy atom. The SMILES string of the molecule is Cc1ccc(-n2c(S[C@@H](C(=O)N3CCOCC3)c3ccccc3)nnc2N2CCOCC2)cc1. The first kappa shape index (κ1) is 22.9. The Morgan fingerprint density at radius 3 is 2.21 bits per heavy atom. The molecule has 0 aliphatic carbocycles.